The van der Waals surface area contributed by atoms with E-state index in [0.717, 1.165) is 24.3 Å². The third kappa shape index (κ3) is 5.56. The van der Waals surface area contributed by atoms with Crippen LogP contribution in [-0.2, 0) is 17.6 Å². The molecule has 0 spiro atoms. The number of aryl methyl sites for hydroxylation is 3. The van der Waals surface area contributed by atoms with E-state index in [1.807, 2.05) is 6.07 Å². The Balaban J connectivity index is 1.77. The van der Waals surface area contributed by atoms with Crippen molar-refractivity contribution in [2.75, 3.05) is 5.32 Å². The molecular formula is C17H23N3OS. The molecule has 0 aliphatic rings. The van der Waals surface area contributed by atoms with Gasteiger partial charge in [-0.3, -0.25) is 4.79 Å². The molecule has 1 aromatic carbocycles. The molecule has 0 saturated heterocycles. The summed E-state index contributed by atoms with van der Waals surface area (Å²) in [5, 5.41) is 12.6. The van der Waals surface area contributed by atoms with Crippen molar-refractivity contribution in [3.8, 4) is 0 Å². The molecule has 0 fully saturated rings. The third-order valence-corrected chi connectivity index (χ3v) is 4.33. The van der Waals surface area contributed by atoms with Crippen molar-refractivity contribution < 1.29 is 4.79 Å². The Morgan fingerprint density at radius 2 is 2.09 bits per heavy atom. The molecule has 1 aromatic heterocycles. The Morgan fingerprint density at radius 1 is 1.23 bits per heavy atom. The minimum Gasteiger partial charge on any atom is -0.301 e. The first-order valence-corrected chi connectivity index (χ1v) is 8.67. The molecule has 1 N–H and O–H groups in total. The van der Waals surface area contributed by atoms with Crippen molar-refractivity contribution in [1.29, 1.82) is 0 Å². The maximum absolute atomic E-state index is 12.0. The van der Waals surface area contributed by atoms with Crippen molar-refractivity contribution in [2.45, 2.75) is 52.4 Å². The average molecular weight is 317 g/mol. The minimum atomic E-state index is -0.00207. The summed E-state index contributed by atoms with van der Waals surface area (Å²) in [5.41, 5.74) is 2.41. The normalized spacial score (nSPS) is 10.6. The van der Waals surface area contributed by atoms with Crippen molar-refractivity contribution >= 4 is 22.4 Å². The number of nitrogens with zero attached hydrogens (tertiary/aromatic N) is 2. The van der Waals surface area contributed by atoms with E-state index in [9.17, 15) is 4.79 Å². The van der Waals surface area contributed by atoms with E-state index in [0.29, 0.717) is 11.6 Å². The number of carbonyl (C=O) groups is 1. The summed E-state index contributed by atoms with van der Waals surface area (Å²) < 4.78 is 0. The molecule has 0 radical (unpaired) electrons. The van der Waals surface area contributed by atoms with Gasteiger partial charge >= 0.3 is 0 Å². The summed E-state index contributed by atoms with van der Waals surface area (Å²) in [4.78, 5) is 12.0. The van der Waals surface area contributed by atoms with Gasteiger partial charge in [-0.05, 0) is 25.3 Å². The monoisotopic (exact) mass is 317 g/mol. The van der Waals surface area contributed by atoms with Gasteiger partial charge in [-0.1, -0.05) is 60.9 Å². The van der Waals surface area contributed by atoms with Crippen molar-refractivity contribution in [3.63, 3.8) is 0 Å². The topological polar surface area (TPSA) is 54.9 Å². The van der Waals surface area contributed by atoms with Gasteiger partial charge in [0.1, 0.15) is 5.01 Å². The molecule has 0 bridgehead atoms. The molecule has 1 heterocycles. The second-order valence-electron chi connectivity index (χ2n) is 5.50. The highest BCUT2D eigenvalue weighted by atomic mass is 32.1. The highest BCUT2D eigenvalue weighted by Crippen LogP contribution is 2.18. The fourth-order valence-electron chi connectivity index (χ4n) is 2.24. The van der Waals surface area contributed by atoms with E-state index >= 15 is 0 Å². The Labute approximate surface area is 136 Å². The Morgan fingerprint density at radius 3 is 2.86 bits per heavy atom. The molecule has 118 valence electrons. The van der Waals surface area contributed by atoms with Crippen LogP contribution < -0.4 is 5.32 Å². The number of rotatable bonds is 8. The lowest BCUT2D eigenvalue weighted by Crippen LogP contribution is -2.12. The third-order valence-electron chi connectivity index (χ3n) is 3.43. The average Bonchev–Trinajstić information content (AvgIpc) is 2.93. The van der Waals surface area contributed by atoms with Crippen LogP contribution in [-0.4, -0.2) is 16.1 Å². The number of nitrogens with one attached hydrogen (secondary N) is 1. The van der Waals surface area contributed by atoms with Gasteiger partial charge in [-0.15, -0.1) is 10.2 Å². The van der Waals surface area contributed by atoms with E-state index in [4.69, 9.17) is 0 Å². The summed E-state index contributed by atoms with van der Waals surface area (Å²) in [5.74, 6) is -0.00207. The van der Waals surface area contributed by atoms with Gasteiger partial charge in [-0.2, -0.15) is 0 Å². The number of aromatic nitrogens is 2. The quantitative estimate of drug-likeness (QED) is 0.744. The van der Waals surface area contributed by atoms with Crippen LogP contribution in [0.25, 0.3) is 0 Å². The first-order valence-electron chi connectivity index (χ1n) is 7.85. The summed E-state index contributed by atoms with van der Waals surface area (Å²) in [6.07, 6.45) is 5.69. The summed E-state index contributed by atoms with van der Waals surface area (Å²) in [6.45, 7) is 4.24. The van der Waals surface area contributed by atoms with Gasteiger partial charge in [0.2, 0.25) is 11.0 Å². The molecule has 5 heteroatoms. The number of hydrogen-bond donors (Lipinski definition) is 1. The Bertz CT molecular complexity index is 609. The fraction of sp³-hybridized carbons (Fsp3) is 0.471. The lowest BCUT2D eigenvalue weighted by molar-refractivity contribution is -0.116. The summed E-state index contributed by atoms with van der Waals surface area (Å²) >= 11 is 1.48. The largest absolute Gasteiger partial charge is 0.301 e. The van der Waals surface area contributed by atoms with Crippen LogP contribution in [0, 0.1) is 6.92 Å². The molecule has 22 heavy (non-hydrogen) atoms. The smallest absolute Gasteiger partial charge is 0.226 e. The zero-order valence-electron chi connectivity index (χ0n) is 13.3. The Kier molecular flexibility index (Phi) is 6.52. The van der Waals surface area contributed by atoms with Crippen LogP contribution in [0.2, 0.25) is 0 Å². The van der Waals surface area contributed by atoms with Crippen LogP contribution in [0.5, 0.6) is 0 Å². The fourth-order valence-corrected chi connectivity index (χ4v) is 3.04. The minimum absolute atomic E-state index is 0.00207. The maximum Gasteiger partial charge on any atom is 0.226 e. The molecule has 2 rings (SSSR count). The number of unbranched alkanes of at least 4 members (excludes halogenated alkanes) is 2. The van der Waals surface area contributed by atoms with Crippen LogP contribution in [0.3, 0.4) is 0 Å². The molecule has 4 nitrogen and oxygen atoms in total. The number of anilines is 1. The standard InChI is InChI=1S/C17H23N3OS/c1-3-4-5-9-16-19-20-17(22-16)18-15(21)11-10-14-8-6-7-13(2)12-14/h6-8,12H,3-5,9-11H2,1-2H3,(H,18,20,21). The second-order valence-corrected chi connectivity index (χ2v) is 6.56. The second kappa shape index (κ2) is 8.63. The Hall–Kier alpha value is -1.75. The molecule has 0 aliphatic carbocycles. The number of amides is 1. The van der Waals surface area contributed by atoms with E-state index in [2.05, 4.69) is 47.6 Å². The van der Waals surface area contributed by atoms with Gasteiger partial charge in [0.15, 0.2) is 0 Å². The van der Waals surface area contributed by atoms with Gasteiger partial charge in [0.05, 0.1) is 0 Å². The van der Waals surface area contributed by atoms with Gasteiger partial charge in [-0.25, -0.2) is 0 Å². The SMILES string of the molecule is CCCCCc1nnc(NC(=O)CCc2cccc(C)c2)s1. The number of hydrogen-bond acceptors (Lipinski definition) is 4. The number of benzene rings is 1. The van der Waals surface area contributed by atoms with E-state index in [1.165, 1.54) is 35.3 Å². The molecule has 1 amide bonds. The zero-order chi connectivity index (χ0) is 15.8. The molecule has 0 atom stereocenters. The van der Waals surface area contributed by atoms with Crippen LogP contribution in [0.1, 0.15) is 48.7 Å². The molecule has 0 saturated carbocycles. The predicted octanol–water partition coefficient (Wildman–Crippen LogP) is 4.15. The lowest BCUT2D eigenvalue weighted by Gasteiger charge is -2.02. The van der Waals surface area contributed by atoms with Crippen LogP contribution in [0.15, 0.2) is 24.3 Å². The summed E-state index contributed by atoms with van der Waals surface area (Å²) in [6, 6.07) is 8.25. The predicted molar refractivity (Wildman–Crippen MR) is 91.3 cm³/mol. The molecule has 2 aromatic rings. The molecule has 0 aliphatic heterocycles. The van der Waals surface area contributed by atoms with Crippen LogP contribution in [0.4, 0.5) is 5.13 Å². The molecular weight excluding hydrogens is 294 g/mol. The maximum atomic E-state index is 12.0. The molecule has 0 unspecified atom stereocenters. The van der Waals surface area contributed by atoms with Crippen LogP contribution >= 0.6 is 11.3 Å². The number of carbonyl (C=O) groups excluding carboxylic acids is 1. The highest BCUT2D eigenvalue weighted by Gasteiger charge is 2.08. The van der Waals surface area contributed by atoms with E-state index in [-0.39, 0.29) is 5.91 Å². The van der Waals surface area contributed by atoms with Gasteiger partial charge < -0.3 is 5.32 Å². The first kappa shape index (κ1) is 16.6. The van der Waals surface area contributed by atoms with Gasteiger partial charge in [0, 0.05) is 12.8 Å². The van der Waals surface area contributed by atoms with Gasteiger partial charge in [0.25, 0.3) is 0 Å². The van der Waals surface area contributed by atoms with E-state index in [1.54, 1.807) is 0 Å². The summed E-state index contributed by atoms with van der Waals surface area (Å²) in [7, 11) is 0. The first-order chi connectivity index (χ1) is 10.7. The lowest BCUT2D eigenvalue weighted by atomic mass is 10.1. The van der Waals surface area contributed by atoms with Crippen molar-refractivity contribution in [2.24, 2.45) is 0 Å². The van der Waals surface area contributed by atoms with E-state index < -0.39 is 0 Å². The van der Waals surface area contributed by atoms with Crippen molar-refractivity contribution in [1.82, 2.24) is 10.2 Å². The zero-order valence-corrected chi connectivity index (χ0v) is 14.1. The van der Waals surface area contributed by atoms with Crippen molar-refractivity contribution in [3.05, 3.63) is 40.4 Å². The highest BCUT2D eigenvalue weighted by molar-refractivity contribution is 7.15.